The minimum atomic E-state index is -0.169. The molecule has 2 N–H and O–H groups in total. The van der Waals surface area contributed by atoms with Gasteiger partial charge in [-0.3, -0.25) is 4.79 Å². The fourth-order valence-electron chi connectivity index (χ4n) is 2.45. The van der Waals surface area contributed by atoms with Crippen molar-refractivity contribution in [3.8, 4) is 0 Å². The van der Waals surface area contributed by atoms with Crippen molar-refractivity contribution in [1.82, 2.24) is 5.16 Å². The molecule has 122 valence electrons. The van der Waals surface area contributed by atoms with Crippen molar-refractivity contribution in [2.24, 2.45) is 0 Å². The van der Waals surface area contributed by atoms with Gasteiger partial charge in [-0.05, 0) is 30.5 Å². The highest BCUT2D eigenvalue weighted by Gasteiger charge is 2.08. The van der Waals surface area contributed by atoms with E-state index in [9.17, 15) is 4.79 Å². The Morgan fingerprint density at radius 2 is 1.83 bits per heavy atom. The van der Waals surface area contributed by atoms with Crippen LogP contribution >= 0.6 is 0 Å². The maximum atomic E-state index is 12.0. The van der Waals surface area contributed by atoms with E-state index in [0.717, 1.165) is 17.7 Å². The SMILES string of the molecule is Cc1cc(NC(=O)CNc2ccccc2Cc2ccccc2)no1. The summed E-state index contributed by atoms with van der Waals surface area (Å²) < 4.78 is 4.93. The first-order valence-electron chi connectivity index (χ1n) is 7.79. The van der Waals surface area contributed by atoms with Crippen LogP contribution in [-0.2, 0) is 11.2 Å². The number of para-hydroxylation sites is 1. The highest BCUT2D eigenvalue weighted by atomic mass is 16.5. The molecular weight excluding hydrogens is 302 g/mol. The number of hydrogen-bond donors (Lipinski definition) is 2. The van der Waals surface area contributed by atoms with Crippen molar-refractivity contribution in [3.05, 3.63) is 77.6 Å². The molecule has 0 aliphatic rings. The molecule has 5 heteroatoms. The van der Waals surface area contributed by atoms with E-state index in [0.29, 0.717) is 11.6 Å². The number of aryl methyl sites for hydroxylation is 1. The molecule has 3 aromatic rings. The molecule has 1 aromatic heterocycles. The Kier molecular flexibility index (Phi) is 4.91. The minimum Gasteiger partial charge on any atom is -0.376 e. The van der Waals surface area contributed by atoms with Gasteiger partial charge in [-0.1, -0.05) is 53.7 Å². The number of carbonyl (C=O) groups excluding carboxylic acids is 1. The first kappa shape index (κ1) is 15.8. The summed E-state index contributed by atoms with van der Waals surface area (Å²) >= 11 is 0. The molecule has 0 unspecified atom stereocenters. The highest BCUT2D eigenvalue weighted by Crippen LogP contribution is 2.19. The number of nitrogens with one attached hydrogen (secondary N) is 2. The van der Waals surface area contributed by atoms with E-state index in [-0.39, 0.29) is 12.5 Å². The zero-order valence-corrected chi connectivity index (χ0v) is 13.5. The number of carbonyl (C=O) groups is 1. The van der Waals surface area contributed by atoms with E-state index in [1.54, 1.807) is 13.0 Å². The topological polar surface area (TPSA) is 67.2 Å². The molecule has 1 heterocycles. The Bertz CT molecular complexity index is 812. The van der Waals surface area contributed by atoms with E-state index in [1.165, 1.54) is 5.56 Å². The molecule has 0 spiro atoms. The molecule has 0 radical (unpaired) electrons. The van der Waals surface area contributed by atoms with Gasteiger partial charge < -0.3 is 15.2 Å². The van der Waals surface area contributed by atoms with Gasteiger partial charge in [0.05, 0.1) is 6.54 Å². The number of aromatic nitrogens is 1. The van der Waals surface area contributed by atoms with Gasteiger partial charge in [0.15, 0.2) is 5.82 Å². The van der Waals surface area contributed by atoms with Crippen molar-refractivity contribution >= 4 is 17.4 Å². The molecular formula is C19H19N3O2. The fraction of sp³-hybridized carbons (Fsp3) is 0.158. The van der Waals surface area contributed by atoms with Crippen molar-refractivity contribution in [2.45, 2.75) is 13.3 Å². The van der Waals surface area contributed by atoms with Crippen LogP contribution in [0.1, 0.15) is 16.9 Å². The molecule has 3 rings (SSSR count). The summed E-state index contributed by atoms with van der Waals surface area (Å²) in [5, 5.41) is 9.64. The maximum absolute atomic E-state index is 12.0. The molecule has 24 heavy (non-hydrogen) atoms. The van der Waals surface area contributed by atoms with Crippen LogP contribution in [0.4, 0.5) is 11.5 Å². The average molecular weight is 321 g/mol. The van der Waals surface area contributed by atoms with Crippen molar-refractivity contribution < 1.29 is 9.32 Å². The second-order valence-corrected chi connectivity index (χ2v) is 5.54. The summed E-state index contributed by atoms with van der Waals surface area (Å²) in [7, 11) is 0. The number of hydrogen-bond acceptors (Lipinski definition) is 4. The molecule has 0 fully saturated rings. The molecule has 0 aliphatic carbocycles. The lowest BCUT2D eigenvalue weighted by Crippen LogP contribution is -2.22. The average Bonchev–Trinajstić information content (AvgIpc) is 3.00. The molecule has 5 nitrogen and oxygen atoms in total. The summed E-state index contributed by atoms with van der Waals surface area (Å²) in [5.74, 6) is 0.918. The molecule has 2 aromatic carbocycles. The predicted molar refractivity (Wildman–Crippen MR) is 94.0 cm³/mol. The Morgan fingerprint density at radius 3 is 2.58 bits per heavy atom. The number of nitrogens with zero attached hydrogens (tertiary/aromatic N) is 1. The largest absolute Gasteiger partial charge is 0.376 e. The monoisotopic (exact) mass is 321 g/mol. The number of benzene rings is 2. The number of rotatable bonds is 6. The van der Waals surface area contributed by atoms with Gasteiger partial charge in [-0.15, -0.1) is 0 Å². The fourth-order valence-corrected chi connectivity index (χ4v) is 2.45. The summed E-state index contributed by atoms with van der Waals surface area (Å²) in [4.78, 5) is 12.0. The van der Waals surface area contributed by atoms with Gasteiger partial charge in [0.25, 0.3) is 0 Å². The predicted octanol–water partition coefficient (Wildman–Crippen LogP) is 3.62. The second-order valence-electron chi connectivity index (χ2n) is 5.54. The van der Waals surface area contributed by atoms with Gasteiger partial charge in [-0.25, -0.2) is 0 Å². The molecule has 0 saturated carbocycles. The highest BCUT2D eigenvalue weighted by molar-refractivity contribution is 5.93. The molecule has 0 saturated heterocycles. The summed E-state index contributed by atoms with van der Waals surface area (Å²) in [6.45, 7) is 1.94. The van der Waals surface area contributed by atoms with Gasteiger partial charge in [0.1, 0.15) is 5.76 Å². The zero-order chi connectivity index (χ0) is 16.8. The molecule has 0 bridgehead atoms. The number of anilines is 2. The normalized spacial score (nSPS) is 10.4. The van der Waals surface area contributed by atoms with Gasteiger partial charge in [0.2, 0.25) is 5.91 Å². The Balaban J connectivity index is 1.61. The van der Waals surface area contributed by atoms with Crippen molar-refractivity contribution in [1.29, 1.82) is 0 Å². The van der Waals surface area contributed by atoms with Crippen LogP contribution in [0.25, 0.3) is 0 Å². The van der Waals surface area contributed by atoms with Gasteiger partial charge in [-0.2, -0.15) is 0 Å². The third kappa shape index (κ3) is 4.23. The Morgan fingerprint density at radius 1 is 1.08 bits per heavy atom. The second kappa shape index (κ2) is 7.46. The lowest BCUT2D eigenvalue weighted by Gasteiger charge is -2.12. The van der Waals surface area contributed by atoms with E-state index in [4.69, 9.17) is 4.52 Å². The van der Waals surface area contributed by atoms with Crippen LogP contribution in [0, 0.1) is 6.92 Å². The van der Waals surface area contributed by atoms with E-state index in [2.05, 4.69) is 34.0 Å². The lowest BCUT2D eigenvalue weighted by molar-refractivity contribution is -0.114. The number of amides is 1. The minimum absolute atomic E-state index is 0.164. The zero-order valence-electron chi connectivity index (χ0n) is 13.5. The van der Waals surface area contributed by atoms with Crippen molar-refractivity contribution in [3.63, 3.8) is 0 Å². The van der Waals surface area contributed by atoms with Gasteiger partial charge >= 0.3 is 0 Å². The first-order chi connectivity index (χ1) is 11.7. The maximum Gasteiger partial charge on any atom is 0.244 e. The lowest BCUT2D eigenvalue weighted by atomic mass is 10.0. The van der Waals surface area contributed by atoms with Crippen molar-refractivity contribution in [2.75, 3.05) is 17.2 Å². The molecule has 0 aliphatic heterocycles. The van der Waals surface area contributed by atoms with Crippen LogP contribution < -0.4 is 10.6 Å². The van der Waals surface area contributed by atoms with E-state index in [1.807, 2.05) is 36.4 Å². The van der Waals surface area contributed by atoms with Crippen LogP contribution in [0.15, 0.2) is 65.2 Å². The quantitative estimate of drug-likeness (QED) is 0.727. The Hall–Kier alpha value is -3.08. The summed E-state index contributed by atoms with van der Waals surface area (Å²) in [5.41, 5.74) is 3.33. The van der Waals surface area contributed by atoms with E-state index < -0.39 is 0 Å². The first-order valence-corrected chi connectivity index (χ1v) is 7.79. The standard InChI is InChI=1S/C19H19N3O2/c1-14-11-18(22-24-14)21-19(23)13-20-17-10-6-5-9-16(17)12-15-7-3-2-4-8-15/h2-11,20H,12-13H2,1H3,(H,21,22,23). The smallest absolute Gasteiger partial charge is 0.244 e. The third-order valence-corrected chi connectivity index (χ3v) is 3.59. The third-order valence-electron chi connectivity index (χ3n) is 3.59. The van der Waals surface area contributed by atoms with Gasteiger partial charge in [0, 0.05) is 11.8 Å². The van der Waals surface area contributed by atoms with Crippen LogP contribution in [-0.4, -0.2) is 17.6 Å². The molecule has 0 atom stereocenters. The summed E-state index contributed by atoms with van der Waals surface area (Å²) in [6, 6.07) is 19.9. The van der Waals surface area contributed by atoms with Crippen LogP contribution in [0.2, 0.25) is 0 Å². The molecule has 1 amide bonds. The van der Waals surface area contributed by atoms with Crippen LogP contribution in [0.5, 0.6) is 0 Å². The summed E-state index contributed by atoms with van der Waals surface area (Å²) in [6.07, 6.45) is 0.814. The Labute approximate surface area is 140 Å². The van der Waals surface area contributed by atoms with Crippen LogP contribution in [0.3, 0.4) is 0 Å². The van der Waals surface area contributed by atoms with E-state index >= 15 is 0 Å².